The molecule has 0 amide bonds. The summed E-state index contributed by atoms with van der Waals surface area (Å²) in [6, 6.07) is 7.89. The van der Waals surface area contributed by atoms with E-state index in [1.165, 1.54) is 0 Å². The van der Waals surface area contributed by atoms with E-state index in [-0.39, 0.29) is 6.04 Å². The number of nitrogens with one attached hydrogen (secondary N) is 2. The fraction of sp³-hybridized carbons (Fsp3) is 0.357. The van der Waals surface area contributed by atoms with Crippen molar-refractivity contribution in [2.45, 2.75) is 19.9 Å². The van der Waals surface area contributed by atoms with Crippen LogP contribution in [0.1, 0.15) is 25.6 Å². The monoisotopic (exact) mass is 278 g/mol. The molecule has 102 valence electrons. The third-order valence-corrected chi connectivity index (χ3v) is 3.15. The number of fused-ring (bicyclic) bond motifs is 1. The molecule has 0 aliphatic carbocycles. The van der Waals surface area contributed by atoms with Gasteiger partial charge in [-0.2, -0.15) is 0 Å². The number of hydrogen-bond donors (Lipinski definition) is 2. The molecule has 1 aromatic carbocycles. The zero-order valence-corrected chi connectivity index (χ0v) is 12.1. The van der Waals surface area contributed by atoms with Crippen LogP contribution in [0.2, 0.25) is 0 Å². The van der Waals surface area contributed by atoms with Gasteiger partial charge in [-0.1, -0.05) is 12.1 Å². The molecule has 2 aromatic rings. The van der Waals surface area contributed by atoms with E-state index >= 15 is 0 Å². The summed E-state index contributed by atoms with van der Waals surface area (Å²) >= 11 is 5.09. The van der Waals surface area contributed by atoms with Gasteiger partial charge in [0, 0.05) is 12.4 Å². The summed E-state index contributed by atoms with van der Waals surface area (Å²) < 4.78 is 11.4. The predicted molar refractivity (Wildman–Crippen MR) is 80.6 cm³/mol. The van der Waals surface area contributed by atoms with Crippen molar-refractivity contribution in [2.75, 3.05) is 13.7 Å². The minimum atomic E-state index is 0.00169. The quantitative estimate of drug-likeness (QED) is 0.842. The van der Waals surface area contributed by atoms with Gasteiger partial charge in [-0.05, 0) is 38.2 Å². The van der Waals surface area contributed by atoms with Crippen LogP contribution in [-0.2, 0) is 0 Å². The van der Waals surface area contributed by atoms with Gasteiger partial charge in [0.15, 0.2) is 16.4 Å². The van der Waals surface area contributed by atoms with Crippen molar-refractivity contribution >= 4 is 28.3 Å². The van der Waals surface area contributed by atoms with Gasteiger partial charge in [0.2, 0.25) is 0 Å². The summed E-state index contributed by atoms with van der Waals surface area (Å²) in [5, 5.41) is 7.66. The summed E-state index contributed by atoms with van der Waals surface area (Å²) in [5.74, 6) is 1.61. The molecule has 1 atom stereocenters. The van der Waals surface area contributed by atoms with Crippen LogP contribution in [0.15, 0.2) is 28.7 Å². The number of hydrogen-bond acceptors (Lipinski definition) is 3. The maximum absolute atomic E-state index is 5.88. The first-order valence-electron chi connectivity index (χ1n) is 6.29. The van der Waals surface area contributed by atoms with Gasteiger partial charge in [0.05, 0.1) is 12.6 Å². The molecule has 0 spiro atoms. The average Bonchev–Trinajstić information content (AvgIpc) is 2.84. The summed E-state index contributed by atoms with van der Waals surface area (Å²) in [6.45, 7) is 4.58. The molecule has 0 saturated heterocycles. The second kappa shape index (κ2) is 5.93. The molecule has 0 unspecified atom stereocenters. The van der Waals surface area contributed by atoms with E-state index in [0.717, 1.165) is 22.5 Å². The summed E-state index contributed by atoms with van der Waals surface area (Å²) in [7, 11) is 1.79. The number of para-hydroxylation sites is 1. The molecule has 5 heteroatoms. The van der Waals surface area contributed by atoms with Crippen molar-refractivity contribution in [3.63, 3.8) is 0 Å². The van der Waals surface area contributed by atoms with E-state index in [9.17, 15) is 0 Å². The molecular formula is C14H18N2O2S. The van der Waals surface area contributed by atoms with Gasteiger partial charge in [0.25, 0.3) is 0 Å². The Morgan fingerprint density at radius 2 is 2.26 bits per heavy atom. The summed E-state index contributed by atoms with van der Waals surface area (Å²) in [5.41, 5.74) is 0.781. The Kier molecular flexibility index (Phi) is 4.27. The highest BCUT2D eigenvalue weighted by molar-refractivity contribution is 7.80. The molecule has 0 saturated carbocycles. The van der Waals surface area contributed by atoms with Gasteiger partial charge < -0.3 is 19.8 Å². The van der Waals surface area contributed by atoms with Crippen LogP contribution in [0.4, 0.5) is 0 Å². The fourth-order valence-electron chi connectivity index (χ4n) is 1.88. The fourth-order valence-corrected chi connectivity index (χ4v) is 2.06. The van der Waals surface area contributed by atoms with Gasteiger partial charge >= 0.3 is 0 Å². The standard InChI is InChI=1S/C14H18N2O2S/c1-4-17-11-7-5-6-10-8-12(18-13(10)11)9(2)16-14(19)15-3/h5-9H,4H2,1-3H3,(H2,15,16,19)/t9-/m1/s1. The second-order valence-corrected chi connectivity index (χ2v) is 4.61. The maximum Gasteiger partial charge on any atom is 0.176 e. The van der Waals surface area contributed by atoms with Crippen LogP contribution in [0.5, 0.6) is 5.75 Å². The summed E-state index contributed by atoms with van der Waals surface area (Å²) in [6.07, 6.45) is 0. The number of benzene rings is 1. The van der Waals surface area contributed by atoms with Crippen LogP contribution in [0, 0.1) is 0 Å². The van der Waals surface area contributed by atoms with Crippen LogP contribution in [0.3, 0.4) is 0 Å². The third-order valence-electron chi connectivity index (χ3n) is 2.83. The maximum atomic E-state index is 5.88. The lowest BCUT2D eigenvalue weighted by Crippen LogP contribution is -2.34. The highest BCUT2D eigenvalue weighted by Crippen LogP contribution is 2.31. The van der Waals surface area contributed by atoms with E-state index in [4.69, 9.17) is 21.4 Å². The first kappa shape index (κ1) is 13.7. The molecule has 0 bridgehead atoms. The number of thiocarbonyl (C=S) groups is 1. The first-order valence-corrected chi connectivity index (χ1v) is 6.70. The Morgan fingerprint density at radius 3 is 2.95 bits per heavy atom. The molecule has 2 rings (SSSR count). The average molecular weight is 278 g/mol. The van der Waals surface area contributed by atoms with Crippen LogP contribution in [-0.4, -0.2) is 18.8 Å². The zero-order chi connectivity index (χ0) is 13.8. The first-order chi connectivity index (χ1) is 9.15. The van der Waals surface area contributed by atoms with E-state index in [0.29, 0.717) is 11.7 Å². The van der Waals surface area contributed by atoms with E-state index in [1.54, 1.807) is 7.05 Å². The highest BCUT2D eigenvalue weighted by atomic mass is 32.1. The van der Waals surface area contributed by atoms with Crippen molar-refractivity contribution in [3.05, 3.63) is 30.0 Å². The Hall–Kier alpha value is -1.75. The minimum absolute atomic E-state index is 0.00169. The van der Waals surface area contributed by atoms with E-state index in [1.807, 2.05) is 38.1 Å². The van der Waals surface area contributed by atoms with Crippen LogP contribution < -0.4 is 15.4 Å². The zero-order valence-electron chi connectivity index (χ0n) is 11.3. The lowest BCUT2D eigenvalue weighted by Gasteiger charge is -2.12. The molecule has 2 N–H and O–H groups in total. The largest absolute Gasteiger partial charge is 0.490 e. The SMILES string of the molecule is CCOc1cccc2cc([C@@H](C)NC(=S)NC)oc12. The molecule has 0 fully saturated rings. The van der Waals surface area contributed by atoms with Gasteiger partial charge in [-0.25, -0.2) is 0 Å². The van der Waals surface area contributed by atoms with Crippen molar-refractivity contribution in [2.24, 2.45) is 0 Å². The molecule has 0 radical (unpaired) electrons. The number of rotatable bonds is 4. The molecule has 1 heterocycles. The number of ether oxygens (including phenoxy) is 1. The van der Waals surface area contributed by atoms with Crippen molar-refractivity contribution < 1.29 is 9.15 Å². The van der Waals surface area contributed by atoms with Crippen LogP contribution >= 0.6 is 12.2 Å². The van der Waals surface area contributed by atoms with E-state index < -0.39 is 0 Å². The Bertz CT molecular complexity index is 580. The van der Waals surface area contributed by atoms with E-state index in [2.05, 4.69) is 10.6 Å². The Balaban J connectivity index is 2.30. The minimum Gasteiger partial charge on any atom is -0.490 e. The molecule has 0 aliphatic rings. The Morgan fingerprint density at radius 1 is 1.47 bits per heavy atom. The summed E-state index contributed by atoms with van der Waals surface area (Å²) in [4.78, 5) is 0. The molecule has 19 heavy (non-hydrogen) atoms. The van der Waals surface area contributed by atoms with Crippen molar-refractivity contribution in [3.8, 4) is 5.75 Å². The molecular weight excluding hydrogens is 260 g/mol. The second-order valence-electron chi connectivity index (χ2n) is 4.20. The predicted octanol–water partition coefficient (Wildman–Crippen LogP) is 2.99. The molecule has 0 aliphatic heterocycles. The van der Waals surface area contributed by atoms with Crippen LogP contribution in [0.25, 0.3) is 11.0 Å². The highest BCUT2D eigenvalue weighted by Gasteiger charge is 2.14. The normalized spacial score (nSPS) is 12.2. The van der Waals surface area contributed by atoms with Crippen molar-refractivity contribution in [1.29, 1.82) is 0 Å². The number of furan rings is 1. The molecule has 1 aromatic heterocycles. The van der Waals surface area contributed by atoms with Crippen molar-refractivity contribution in [1.82, 2.24) is 10.6 Å². The Labute approximate surface area is 118 Å². The third kappa shape index (κ3) is 2.98. The van der Waals surface area contributed by atoms with Gasteiger partial charge in [-0.15, -0.1) is 0 Å². The topological polar surface area (TPSA) is 46.4 Å². The lowest BCUT2D eigenvalue weighted by atomic mass is 10.2. The lowest BCUT2D eigenvalue weighted by molar-refractivity contribution is 0.336. The van der Waals surface area contributed by atoms with Gasteiger partial charge in [-0.3, -0.25) is 0 Å². The van der Waals surface area contributed by atoms with Gasteiger partial charge in [0.1, 0.15) is 5.76 Å². The smallest absolute Gasteiger partial charge is 0.176 e. The molecule has 4 nitrogen and oxygen atoms in total.